The number of aromatic nitrogens is 2. The molecule has 0 radical (unpaired) electrons. The number of aryl methyl sites for hydroxylation is 3. The largest absolute Gasteiger partial charge is 0.494 e. The molecule has 0 aliphatic heterocycles. The number of nitrogen functional groups attached to an aromatic ring is 1. The third-order valence-corrected chi connectivity index (χ3v) is 3.47. The van der Waals surface area contributed by atoms with E-state index in [1.807, 2.05) is 36.9 Å². The summed E-state index contributed by atoms with van der Waals surface area (Å²) < 4.78 is 7.54. The number of anilines is 1. The van der Waals surface area contributed by atoms with Crippen molar-refractivity contribution in [3.63, 3.8) is 0 Å². The molecule has 0 saturated carbocycles. The maximum atomic E-state index is 6.11. The van der Waals surface area contributed by atoms with Gasteiger partial charge in [-0.25, -0.2) is 0 Å². The average molecular weight is 280 g/mol. The fourth-order valence-corrected chi connectivity index (χ4v) is 2.02. The Kier molecular flexibility index (Phi) is 4.32. The summed E-state index contributed by atoms with van der Waals surface area (Å²) in [6.07, 6.45) is 2.74. The first kappa shape index (κ1) is 13.7. The van der Waals surface area contributed by atoms with E-state index in [1.54, 1.807) is 6.07 Å². The molecule has 0 spiro atoms. The fraction of sp³-hybridized carbons (Fsp3) is 0.357. The lowest BCUT2D eigenvalue weighted by molar-refractivity contribution is 0.298. The van der Waals surface area contributed by atoms with Gasteiger partial charge in [0, 0.05) is 24.2 Å². The van der Waals surface area contributed by atoms with Crippen LogP contribution in [-0.4, -0.2) is 16.4 Å². The topological polar surface area (TPSA) is 53.1 Å². The average Bonchev–Trinajstić information content (AvgIpc) is 2.77. The van der Waals surface area contributed by atoms with E-state index >= 15 is 0 Å². The molecular formula is C14H18ClN3O. The highest BCUT2D eigenvalue weighted by molar-refractivity contribution is 6.32. The Balaban J connectivity index is 1.83. The minimum atomic E-state index is 0.546. The van der Waals surface area contributed by atoms with Crippen LogP contribution in [0.1, 0.15) is 17.5 Å². The number of benzene rings is 1. The minimum absolute atomic E-state index is 0.546. The highest BCUT2D eigenvalue weighted by Crippen LogP contribution is 2.25. The van der Waals surface area contributed by atoms with Crippen LogP contribution in [0, 0.1) is 13.8 Å². The summed E-state index contributed by atoms with van der Waals surface area (Å²) in [5.74, 6) is 1.41. The second kappa shape index (κ2) is 5.97. The molecule has 0 fully saturated rings. The normalized spacial score (nSPS) is 10.7. The minimum Gasteiger partial charge on any atom is -0.494 e. The van der Waals surface area contributed by atoms with Gasteiger partial charge < -0.3 is 10.5 Å². The second-order valence-corrected chi connectivity index (χ2v) is 4.95. The zero-order valence-corrected chi connectivity index (χ0v) is 11.9. The van der Waals surface area contributed by atoms with E-state index in [9.17, 15) is 0 Å². The molecule has 2 rings (SSSR count). The van der Waals surface area contributed by atoms with E-state index in [1.165, 1.54) is 0 Å². The van der Waals surface area contributed by atoms with Crippen molar-refractivity contribution in [1.82, 2.24) is 9.78 Å². The summed E-state index contributed by atoms with van der Waals surface area (Å²) in [6, 6.07) is 5.70. The molecule has 0 amide bonds. The van der Waals surface area contributed by atoms with Crippen LogP contribution >= 0.6 is 11.6 Å². The predicted octanol–water partition coefficient (Wildman–Crippen LogP) is 3.20. The van der Waals surface area contributed by atoms with Gasteiger partial charge in [-0.3, -0.25) is 4.68 Å². The SMILES string of the molecule is Cc1cc(OCCCn2ccc(N)n2)cc(C)c1Cl. The molecule has 0 aliphatic rings. The molecule has 0 atom stereocenters. The van der Waals surface area contributed by atoms with Crippen LogP contribution < -0.4 is 10.5 Å². The second-order valence-electron chi connectivity index (χ2n) is 4.58. The molecule has 2 N–H and O–H groups in total. The quantitative estimate of drug-likeness (QED) is 0.855. The van der Waals surface area contributed by atoms with Crippen molar-refractivity contribution in [2.24, 2.45) is 0 Å². The lowest BCUT2D eigenvalue weighted by Gasteiger charge is -2.10. The molecule has 4 nitrogen and oxygen atoms in total. The van der Waals surface area contributed by atoms with Gasteiger partial charge in [-0.15, -0.1) is 0 Å². The van der Waals surface area contributed by atoms with Crippen molar-refractivity contribution < 1.29 is 4.74 Å². The third kappa shape index (κ3) is 3.64. The highest BCUT2D eigenvalue weighted by atomic mass is 35.5. The van der Waals surface area contributed by atoms with Crippen molar-refractivity contribution in [1.29, 1.82) is 0 Å². The highest BCUT2D eigenvalue weighted by Gasteiger charge is 2.03. The van der Waals surface area contributed by atoms with Gasteiger partial charge in [0.25, 0.3) is 0 Å². The van der Waals surface area contributed by atoms with Gasteiger partial charge >= 0.3 is 0 Å². The number of rotatable bonds is 5. The number of hydrogen-bond acceptors (Lipinski definition) is 3. The summed E-state index contributed by atoms with van der Waals surface area (Å²) in [6.45, 7) is 5.40. The molecule has 5 heteroatoms. The van der Waals surface area contributed by atoms with Gasteiger partial charge in [-0.05, 0) is 43.2 Å². The third-order valence-electron chi connectivity index (χ3n) is 2.87. The van der Waals surface area contributed by atoms with E-state index in [-0.39, 0.29) is 0 Å². The molecule has 19 heavy (non-hydrogen) atoms. The molecule has 102 valence electrons. The first-order valence-corrected chi connectivity index (χ1v) is 6.62. The van der Waals surface area contributed by atoms with E-state index < -0.39 is 0 Å². The van der Waals surface area contributed by atoms with Crippen molar-refractivity contribution >= 4 is 17.4 Å². The zero-order chi connectivity index (χ0) is 13.8. The molecule has 1 heterocycles. The Labute approximate surface area is 118 Å². The Morgan fingerprint density at radius 3 is 2.58 bits per heavy atom. The molecule has 0 aliphatic carbocycles. The summed E-state index contributed by atoms with van der Waals surface area (Å²) in [4.78, 5) is 0. The number of halogens is 1. The van der Waals surface area contributed by atoms with Crippen LogP contribution in [0.3, 0.4) is 0 Å². The Hall–Kier alpha value is -1.68. The lowest BCUT2D eigenvalue weighted by Crippen LogP contribution is -2.05. The molecule has 1 aromatic carbocycles. The van der Waals surface area contributed by atoms with Crippen molar-refractivity contribution in [2.45, 2.75) is 26.8 Å². The van der Waals surface area contributed by atoms with Gasteiger partial charge in [-0.1, -0.05) is 11.6 Å². The zero-order valence-electron chi connectivity index (χ0n) is 11.2. The van der Waals surface area contributed by atoms with E-state index in [0.717, 1.165) is 34.9 Å². The monoisotopic (exact) mass is 279 g/mol. The van der Waals surface area contributed by atoms with Crippen LogP contribution in [-0.2, 0) is 6.54 Å². The Bertz CT molecular complexity index is 543. The maximum Gasteiger partial charge on any atom is 0.145 e. The van der Waals surface area contributed by atoms with Gasteiger partial charge in [0.1, 0.15) is 11.6 Å². The summed E-state index contributed by atoms with van der Waals surface area (Å²) in [5.41, 5.74) is 7.62. The standard InChI is InChI=1S/C14H18ClN3O/c1-10-8-12(9-11(2)14(10)15)19-7-3-5-18-6-4-13(16)17-18/h4,6,8-9H,3,5,7H2,1-2H3,(H2,16,17). The number of nitrogens with two attached hydrogens (primary N) is 1. The van der Waals surface area contributed by atoms with Crippen molar-refractivity contribution in [3.05, 3.63) is 40.5 Å². The van der Waals surface area contributed by atoms with E-state index in [0.29, 0.717) is 12.4 Å². The molecule has 0 unspecified atom stereocenters. The van der Waals surface area contributed by atoms with Crippen molar-refractivity contribution in [2.75, 3.05) is 12.3 Å². The molecule has 1 aromatic heterocycles. The lowest BCUT2D eigenvalue weighted by atomic mass is 10.1. The first-order valence-electron chi connectivity index (χ1n) is 6.25. The molecule has 0 bridgehead atoms. The van der Waals surface area contributed by atoms with Crippen LogP contribution in [0.2, 0.25) is 5.02 Å². The summed E-state index contributed by atoms with van der Waals surface area (Å²) in [5, 5.41) is 4.92. The van der Waals surface area contributed by atoms with Gasteiger partial charge in [-0.2, -0.15) is 5.10 Å². The van der Waals surface area contributed by atoms with Crippen LogP contribution in [0.4, 0.5) is 5.82 Å². The van der Waals surface area contributed by atoms with E-state index in [2.05, 4.69) is 5.10 Å². The van der Waals surface area contributed by atoms with Gasteiger partial charge in [0.2, 0.25) is 0 Å². The fourth-order valence-electron chi connectivity index (χ4n) is 1.91. The molecule has 2 aromatic rings. The summed E-state index contributed by atoms with van der Waals surface area (Å²) in [7, 11) is 0. The number of ether oxygens (including phenoxy) is 1. The Morgan fingerprint density at radius 1 is 1.32 bits per heavy atom. The summed E-state index contributed by atoms with van der Waals surface area (Å²) >= 11 is 6.11. The smallest absolute Gasteiger partial charge is 0.145 e. The van der Waals surface area contributed by atoms with Crippen LogP contribution in [0.25, 0.3) is 0 Å². The number of hydrogen-bond donors (Lipinski definition) is 1. The Morgan fingerprint density at radius 2 is 2.00 bits per heavy atom. The maximum absolute atomic E-state index is 6.11. The number of nitrogens with zero attached hydrogens (tertiary/aromatic N) is 2. The molecular weight excluding hydrogens is 262 g/mol. The van der Waals surface area contributed by atoms with E-state index in [4.69, 9.17) is 22.1 Å². The van der Waals surface area contributed by atoms with Gasteiger partial charge in [0.15, 0.2) is 0 Å². The molecule has 0 saturated heterocycles. The predicted molar refractivity (Wildman–Crippen MR) is 77.7 cm³/mol. The van der Waals surface area contributed by atoms with Gasteiger partial charge in [0.05, 0.1) is 6.61 Å². The van der Waals surface area contributed by atoms with Crippen molar-refractivity contribution in [3.8, 4) is 5.75 Å². The van der Waals surface area contributed by atoms with Crippen LogP contribution in [0.15, 0.2) is 24.4 Å². The first-order chi connectivity index (χ1) is 9.06. The van der Waals surface area contributed by atoms with Crippen LogP contribution in [0.5, 0.6) is 5.75 Å².